The highest BCUT2D eigenvalue weighted by Crippen LogP contribution is 2.38. The molecule has 31 heavy (non-hydrogen) atoms. The molecule has 1 aromatic carbocycles. The standard InChI is InChI=1S/C23H22FN5O2/c1-14-11-28-21(12-27-14)31-20-9-15-3-6-19(20)29(13-15)23(30)18-10-16(24)4-5-17(18)22-25-7-2-8-26-22/h2,4-5,7-8,10-12,15,19-20H,3,6,9,13H2,1H3. The van der Waals surface area contributed by atoms with Gasteiger partial charge in [-0.1, -0.05) is 0 Å². The fourth-order valence-electron chi connectivity index (χ4n) is 4.57. The van der Waals surface area contributed by atoms with Crippen molar-refractivity contribution in [1.82, 2.24) is 24.8 Å². The highest BCUT2D eigenvalue weighted by Gasteiger charge is 2.45. The Morgan fingerprint density at radius 2 is 1.97 bits per heavy atom. The van der Waals surface area contributed by atoms with E-state index in [-0.39, 0.29) is 23.6 Å². The molecule has 0 spiro atoms. The molecule has 2 saturated heterocycles. The molecule has 6 rings (SSSR count). The van der Waals surface area contributed by atoms with Crippen LogP contribution in [-0.4, -0.2) is 49.4 Å². The van der Waals surface area contributed by atoms with Gasteiger partial charge in [-0.15, -0.1) is 0 Å². The zero-order chi connectivity index (χ0) is 21.4. The van der Waals surface area contributed by atoms with Crippen LogP contribution in [0.5, 0.6) is 5.88 Å². The van der Waals surface area contributed by atoms with E-state index in [1.165, 1.54) is 12.1 Å². The minimum absolute atomic E-state index is 0.103. The maximum absolute atomic E-state index is 14.1. The Labute approximate surface area is 179 Å². The van der Waals surface area contributed by atoms with Crippen molar-refractivity contribution in [3.63, 3.8) is 0 Å². The summed E-state index contributed by atoms with van der Waals surface area (Å²) >= 11 is 0. The predicted octanol–water partition coefficient (Wildman–Crippen LogP) is 3.45. The Hall–Kier alpha value is -3.42. The lowest BCUT2D eigenvalue weighted by Crippen LogP contribution is -2.59. The molecule has 1 aliphatic carbocycles. The Morgan fingerprint density at radius 1 is 1.13 bits per heavy atom. The number of nitrogens with zero attached hydrogens (tertiary/aromatic N) is 5. The van der Waals surface area contributed by atoms with Gasteiger partial charge in [0.2, 0.25) is 5.88 Å². The minimum atomic E-state index is -0.465. The third-order valence-corrected chi connectivity index (χ3v) is 6.03. The topological polar surface area (TPSA) is 81.1 Å². The summed E-state index contributed by atoms with van der Waals surface area (Å²) in [6, 6.07) is 5.77. The van der Waals surface area contributed by atoms with Crippen LogP contribution in [0.4, 0.5) is 4.39 Å². The van der Waals surface area contributed by atoms with E-state index in [1.807, 2.05) is 11.8 Å². The number of hydrogen-bond acceptors (Lipinski definition) is 6. The summed E-state index contributed by atoms with van der Waals surface area (Å²) in [5.74, 6) is 0.505. The van der Waals surface area contributed by atoms with E-state index in [1.54, 1.807) is 36.9 Å². The molecule has 2 aromatic heterocycles. The third-order valence-electron chi connectivity index (χ3n) is 6.03. The lowest BCUT2D eigenvalue weighted by molar-refractivity contribution is -0.0314. The van der Waals surface area contributed by atoms with Crippen molar-refractivity contribution in [2.24, 2.45) is 5.92 Å². The molecule has 4 heterocycles. The first-order valence-corrected chi connectivity index (χ1v) is 10.4. The highest BCUT2D eigenvalue weighted by molar-refractivity contribution is 6.00. The van der Waals surface area contributed by atoms with Crippen molar-refractivity contribution in [3.8, 4) is 17.3 Å². The molecule has 2 aliphatic heterocycles. The van der Waals surface area contributed by atoms with E-state index < -0.39 is 5.82 Å². The molecule has 2 bridgehead atoms. The summed E-state index contributed by atoms with van der Waals surface area (Å²) in [5.41, 5.74) is 1.61. The number of fused-ring (bicyclic) bond motifs is 3. The number of rotatable bonds is 4. The van der Waals surface area contributed by atoms with Crippen molar-refractivity contribution >= 4 is 5.91 Å². The van der Waals surface area contributed by atoms with Crippen LogP contribution in [-0.2, 0) is 0 Å². The van der Waals surface area contributed by atoms with Gasteiger partial charge in [0.25, 0.3) is 5.91 Å². The molecule has 3 unspecified atom stereocenters. The van der Waals surface area contributed by atoms with E-state index in [0.717, 1.165) is 25.0 Å². The van der Waals surface area contributed by atoms with Crippen LogP contribution in [0.15, 0.2) is 49.1 Å². The number of benzene rings is 1. The second-order valence-electron chi connectivity index (χ2n) is 8.12. The van der Waals surface area contributed by atoms with Gasteiger partial charge in [-0.2, -0.15) is 0 Å². The number of ether oxygens (including phenoxy) is 1. The fourth-order valence-corrected chi connectivity index (χ4v) is 4.57. The third kappa shape index (κ3) is 3.85. The number of piperidine rings is 2. The summed E-state index contributed by atoms with van der Waals surface area (Å²) in [6.07, 6.45) is 9.07. The van der Waals surface area contributed by atoms with Gasteiger partial charge < -0.3 is 9.64 Å². The molecule has 3 aliphatic rings. The van der Waals surface area contributed by atoms with Gasteiger partial charge in [-0.25, -0.2) is 19.3 Å². The lowest BCUT2D eigenvalue weighted by Gasteiger charge is -2.49. The number of halogens is 1. The summed E-state index contributed by atoms with van der Waals surface area (Å²) in [7, 11) is 0. The second-order valence-corrected chi connectivity index (χ2v) is 8.12. The van der Waals surface area contributed by atoms with Crippen LogP contribution in [0.25, 0.3) is 11.4 Å². The summed E-state index contributed by atoms with van der Waals surface area (Å²) in [6.45, 7) is 2.50. The number of aromatic nitrogens is 4. The van der Waals surface area contributed by atoms with Gasteiger partial charge in [0.15, 0.2) is 5.82 Å². The van der Waals surface area contributed by atoms with Crippen molar-refractivity contribution in [2.45, 2.75) is 38.3 Å². The molecule has 1 saturated carbocycles. The van der Waals surface area contributed by atoms with Gasteiger partial charge in [0.1, 0.15) is 11.9 Å². The van der Waals surface area contributed by atoms with Crippen LogP contribution in [0.1, 0.15) is 35.3 Å². The molecule has 0 radical (unpaired) electrons. The van der Waals surface area contributed by atoms with E-state index >= 15 is 0 Å². The number of carbonyl (C=O) groups excluding carboxylic acids is 1. The summed E-state index contributed by atoms with van der Waals surface area (Å²) in [4.78, 5) is 32.5. The molecule has 158 valence electrons. The van der Waals surface area contributed by atoms with Crippen LogP contribution in [0, 0.1) is 18.7 Å². The first-order valence-electron chi connectivity index (χ1n) is 10.4. The van der Waals surface area contributed by atoms with E-state index in [4.69, 9.17) is 4.74 Å². The average Bonchev–Trinajstić information content (AvgIpc) is 2.81. The van der Waals surface area contributed by atoms with Crippen LogP contribution >= 0.6 is 0 Å². The molecule has 3 aromatic rings. The highest BCUT2D eigenvalue weighted by atomic mass is 19.1. The first-order chi connectivity index (χ1) is 15.1. The Morgan fingerprint density at radius 3 is 2.71 bits per heavy atom. The molecule has 3 fully saturated rings. The molecule has 3 atom stereocenters. The normalized spacial score (nSPS) is 22.4. The maximum atomic E-state index is 14.1. The number of hydrogen-bond donors (Lipinski definition) is 0. The Bertz CT molecular complexity index is 1090. The first kappa shape index (κ1) is 19.5. The van der Waals surface area contributed by atoms with Gasteiger partial charge >= 0.3 is 0 Å². The molecule has 8 heteroatoms. The average molecular weight is 419 g/mol. The van der Waals surface area contributed by atoms with Crippen molar-refractivity contribution < 1.29 is 13.9 Å². The molecule has 0 N–H and O–H groups in total. The van der Waals surface area contributed by atoms with Crippen LogP contribution in [0.2, 0.25) is 0 Å². The van der Waals surface area contributed by atoms with Crippen molar-refractivity contribution in [3.05, 3.63) is 66.1 Å². The van der Waals surface area contributed by atoms with Gasteiger partial charge in [0, 0.05) is 24.5 Å². The summed E-state index contributed by atoms with van der Waals surface area (Å²) in [5, 5.41) is 0. The predicted molar refractivity (Wildman–Crippen MR) is 111 cm³/mol. The molecule has 1 amide bonds. The zero-order valence-corrected chi connectivity index (χ0v) is 17.1. The second kappa shape index (κ2) is 8.02. The van der Waals surface area contributed by atoms with Gasteiger partial charge in [-0.3, -0.25) is 9.78 Å². The lowest BCUT2D eigenvalue weighted by atomic mass is 9.77. The minimum Gasteiger partial charge on any atom is -0.471 e. The fraction of sp³-hybridized carbons (Fsp3) is 0.348. The van der Waals surface area contributed by atoms with Crippen molar-refractivity contribution in [1.29, 1.82) is 0 Å². The Kier molecular flexibility index (Phi) is 5.05. The maximum Gasteiger partial charge on any atom is 0.255 e. The number of aryl methyl sites for hydroxylation is 1. The SMILES string of the molecule is Cc1cnc(OC2CC3CCC2N(C(=O)c2cc(F)ccc2-c2ncccn2)C3)cn1. The molecular formula is C23H22FN5O2. The van der Waals surface area contributed by atoms with Crippen LogP contribution < -0.4 is 4.74 Å². The molecule has 7 nitrogen and oxygen atoms in total. The largest absolute Gasteiger partial charge is 0.471 e. The van der Waals surface area contributed by atoms with E-state index in [0.29, 0.717) is 29.7 Å². The van der Waals surface area contributed by atoms with E-state index in [9.17, 15) is 9.18 Å². The molecular weight excluding hydrogens is 397 g/mol. The van der Waals surface area contributed by atoms with Crippen molar-refractivity contribution in [2.75, 3.05) is 6.54 Å². The monoisotopic (exact) mass is 419 g/mol. The van der Waals surface area contributed by atoms with Gasteiger partial charge in [0.05, 0.1) is 29.7 Å². The Balaban J connectivity index is 1.44. The van der Waals surface area contributed by atoms with Crippen LogP contribution in [0.3, 0.4) is 0 Å². The number of amides is 1. The smallest absolute Gasteiger partial charge is 0.255 e. The summed E-state index contributed by atoms with van der Waals surface area (Å²) < 4.78 is 20.3. The zero-order valence-electron chi connectivity index (χ0n) is 17.1. The quantitative estimate of drug-likeness (QED) is 0.644. The number of carbonyl (C=O) groups is 1. The van der Waals surface area contributed by atoms with Gasteiger partial charge in [-0.05, 0) is 56.4 Å². The van der Waals surface area contributed by atoms with E-state index in [2.05, 4.69) is 19.9 Å².